The molecule has 0 amide bonds. The SMILES string of the molecule is Cc1cccc(NCl)c1.Cl. The van der Waals surface area contributed by atoms with Gasteiger partial charge in [0.15, 0.2) is 0 Å². The summed E-state index contributed by atoms with van der Waals surface area (Å²) >= 11 is 5.35. The highest BCUT2D eigenvalue weighted by Gasteiger charge is 1.85. The Morgan fingerprint density at radius 1 is 1.40 bits per heavy atom. The van der Waals surface area contributed by atoms with Crippen LogP contribution in [0.2, 0.25) is 0 Å². The van der Waals surface area contributed by atoms with E-state index in [0.29, 0.717) is 0 Å². The van der Waals surface area contributed by atoms with Crippen LogP contribution < -0.4 is 4.84 Å². The molecule has 0 aliphatic heterocycles. The Kier molecular flexibility index (Phi) is 4.24. The van der Waals surface area contributed by atoms with Crippen molar-refractivity contribution in [2.75, 3.05) is 4.84 Å². The van der Waals surface area contributed by atoms with E-state index in [9.17, 15) is 0 Å². The Hall–Kier alpha value is -0.400. The fraction of sp³-hybridized carbons (Fsp3) is 0.143. The number of rotatable bonds is 1. The smallest absolute Gasteiger partial charge is 0.0494 e. The Morgan fingerprint density at radius 2 is 2.10 bits per heavy atom. The van der Waals surface area contributed by atoms with Crippen molar-refractivity contribution in [1.82, 2.24) is 0 Å². The summed E-state index contributed by atoms with van der Waals surface area (Å²) < 4.78 is 0. The van der Waals surface area contributed by atoms with E-state index in [4.69, 9.17) is 11.8 Å². The summed E-state index contributed by atoms with van der Waals surface area (Å²) in [6.07, 6.45) is 0. The number of nitrogens with one attached hydrogen (secondary N) is 1. The molecule has 56 valence electrons. The quantitative estimate of drug-likeness (QED) is 0.651. The third kappa shape index (κ3) is 2.46. The zero-order valence-corrected chi connectivity index (χ0v) is 7.17. The summed E-state index contributed by atoms with van der Waals surface area (Å²) in [5, 5.41) is 0. The lowest BCUT2D eigenvalue weighted by Gasteiger charge is -1.96. The van der Waals surface area contributed by atoms with E-state index in [0.717, 1.165) is 5.69 Å². The molecule has 0 fully saturated rings. The average molecular weight is 178 g/mol. The van der Waals surface area contributed by atoms with Crippen LogP contribution in [0.25, 0.3) is 0 Å². The Labute approximate surface area is 71.9 Å². The summed E-state index contributed by atoms with van der Waals surface area (Å²) in [6.45, 7) is 2.03. The van der Waals surface area contributed by atoms with Gasteiger partial charge in [-0.05, 0) is 24.6 Å². The van der Waals surface area contributed by atoms with Crippen LogP contribution >= 0.6 is 24.2 Å². The molecular weight excluding hydrogens is 169 g/mol. The van der Waals surface area contributed by atoms with E-state index in [1.54, 1.807) is 0 Å². The lowest BCUT2D eigenvalue weighted by molar-refractivity contribution is 1.47. The second-order valence-corrected chi connectivity index (χ2v) is 2.15. The molecule has 1 N–H and O–H groups in total. The van der Waals surface area contributed by atoms with Gasteiger partial charge in [0, 0.05) is 17.5 Å². The molecule has 0 spiro atoms. The summed E-state index contributed by atoms with van der Waals surface area (Å²) in [4.78, 5) is 2.54. The maximum absolute atomic E-state index is 5.35. The van der Waals surface area contributed by atoms with Crippen LogP contribution in [0.15, 0.2) is 24.3 Å². The molecule has 0 aliphatic carbocycles. The first-order valence-electron chi connectivity index (χ1n) is 2.76. The van der Waals surface area contributed by atoms with Gasteiger partial charge < -0.3 is 0 Å². The van der Waals surface area contributed by atoms with Crippen LogP contribution in [0.5, 0.6) is 0 Å². The van der Waals surface area contributed by atoms with E-state index in [1.807, 2.05) is 31.2 Å². The van der Waals surface area contributed by atoms with Gasteiger partial charge in [-0.3, -0.25) is 4.84 Å². The lowest BCUT2D eigenvalue weighted by Crippen LogP contribution is -1.79. The molecule has 1 aromatic carbocycles. The molecule has 3 heteroatoms. The number of aryl methyl sites for hydroxylation is 1. The minimum absolute atomic E-state index is 0. The topological polar surface area (TPSA) is 12.0 Å². The van der Waals surface area contributed by atoms with E-state index >= 15 is 0 Å². The third-order valence-electron chi connectivity index (χ3n) is 1.13. The number of hydrogen-bond donors (Lipinski definition) is 1. The monoisotopic (exact) mass is 177 g/mol. The molecule has 0 bridgehead atoms. The van der Waals surface area contributed by atoms with Gasteiger partial charge in [-0.1, -0.05) is 12.1 Å². The number of halogens is 2. The first-order chi connectivity index (χ1) is 4.33. The molecule has 1 nitrogen and oxygen atoms in total. The standard InChI is InChI=1S/C7H8ClN.ClH/c1-6-3-2-4-7(5-6)9-8;/h2-5,9H,1H3;1H. The van der Waals surface area contributed by atoms with E-state index < -0.39 is 0 Å². The molecule has 0 unspecified atom stereocenters. The fourth-order valence-electron chi connectivity index (χ4n) is 0.704. The molecular formula is C7H9Cl2N. The second kappa shape index (κ2) is 4.42. The highest BCUT2D eigenvalue weighted by molar-refractivity contribution is 6.23. The van der Waals surface area contributed by atoms with Crippen molar-refractivity contribution in [3.8, 4) is 0 Å². The number of hydrogen-bond acceptors (Lipinski definition) is 1. The molecule has 0 aromatic heterocycles. The zero-order chi connectivity index (χ0) is 6.69. The van der Waals surface area contributed by atoms with Gasteiger partial charge in [-0.15, -0.1) is 12.4 Å². The van der Waals surface area contributed by atoms with Gasteiger partial charge in [0.05, 0.1) is 0 Å². The Morgan fingerprint density at radius 3 is 2.50 bits per heavy atom. The van der Waals surface area contributed by atoms with Gasteiger partial charge in [0.2, 0.25) is 0 Å². The van der Waals surface area contributed by atoms with Gasteiger partial charge in [0.25, 0.3) is 0 Å². The normalized spacial score (nSPS) is 8.20. The molecule has 1 aromatic rings. The molecule has 0 atom stereocenters. The fourth-order valence-corrected chi connectivity index (χ4v) is 0.821. The van der Waals surface area contributed by atoms with Crippen LogP contribution in [0, 0.1) is 6.92 Å². The number of anilines is 1. The Bertz CT molecular complexity index is 201. The Balaban J connectivity index is 0.000000810. The minimum Gasteiger partial charge on any atom is -0.299 e. The maximum atomic E-state index is 5.35. The van der Waals surface area contributed by atoms with Crippen molar-refractivity contribution in [2.24, 2.45) is 0 Å². The molecule has 0 saturated carbocycles. The van der Waals surface area contributed by atoms with Gasteiger partial charge in [-0.25, -0.2) is 0 Å². The van der Waals surface area contributed by atoms with Gasteiger partial charge >= 0.3 is 0 Å². The van der Waals surface area contributed by atoms with E-state index in [2.05, 4.69) is 4.84 Å². The van der Waals surface area contributed by atoms with Crippen molar-refractivity contribution in [2.45, 2.75) is 6.92 Å². The van der Waals surface area contributed by atoms with Crippen LogP contribution in [-0.4, -0.2) is 0 Å². The maximum Gasteiger partial charge on any atom is 0.0494 e. The summed E-state index contributed by atoms with van der Waals surface area (Å²) in [7, 11) is 0. The zero-order valence-electron chi connectivity index (χ0n) is 5.60. The molecule has 1 rings (SSSR count). The largest absolute Gasteiger partial charge is 0.299 e. The molecule has 0 aliphatic rings. The van der Waals surface area contributed by atoms with Crippen LogP contribution in [0.4, 0.5) is 5.69 Å². The first kappa shape index (κ1) is 9.60. The van der Waals surface area contributed by atoms with Gasteiger partial charge in [0.1, 0.15) is 0 Å². The summed E-state index contributed by atoms with van der Waals surface area (Å²) in [6, 6.07) is 7.88. The van der Waals surface area contributed by atoms with Crippen LogP contribution in [-0.2, 0) is 0 Å². The summed E-state index contributed by atoms with van der Waals surface area (Å²) in [5.74, 6) is 0. The van der Waals surface area contributed by atoms with Crippen LogP contribution in [0.3, 0.4) is 0 Å². The predicted octanol–water partition coefficient (Wildman–Crippen LogP) is 2.98. The van der Waals surface area contributed by atoms with Crippen molar-refractivity contribution >= 4 is 29.9 Å². The highest BCUT2D eigenvalue weighted by Crippen LogP contribution is 2.09. The van der Waals surface area contributed by atoms with E-state index in [1.165, 1.54) is 5.56 Å². The van der Waals surface area contributed by atoms with Crippen molar-refractivity contribution in [3.05, 3.63) is 29.8 Å². The molecule has 0 radical (unpaired) electrons. The predicted molar refractivity (Wildman–Crippen MR) is 47.9 cm³/mol. The van der Waals surface area contributed by atoms with Crippen molar-refractivity contribution < 1.29 is 0 Å². The molecule has 0 saturated heterocycles. The highest BCUT2D eigenvalue weighted by atomic mass is 35.5. The van der Waals surface area contributed by atoms with Gasteiger partial charge in [-0.2, -0.15) is 0 Å². The second-order valence-electron chi connectivity index (χ2n) is 1.96. The minimum atomic E-state index is 0. The summed E-state index contributed by atoms with van der Waals surface area (Å²) in [5.41, 5.74) is 2.15. The van der Waals surface area contributed by atoms with Crippen molar-refractivity contribution in [1.29, 1.82) is 0 Å². The van der Waals surface area contributed by atoms with Crippen molar-refractivity contribution in [3.63, 3.8) is 0 Å². The number of benzene rings is 1. The molecule has 10 heavy (non-hydrogen) atoms. The first-order valence-corrected chi connectivity index (χ1v) is 3.14. The molecule has 0 heterocycles. The lowest BCUT2D eigenvalue weighted by atomic mass is 10.2. The third-order valence-corrected chi connectivity index (χ3v) is 1.35. The average Bonchev–Trinajstić information content (AvgIpc) is 1.88. The van der Waals surface area contributed by atoms with Crippen LogP contribution in [0.1, 0.15) is 5.56 Å². The van der Waals surface area contributed by atoms with E-state index in [-0.39, 0.29) is 12.4 Å².